The lowest BCUT2D eigenvalue weighted by Gasteiger charge is -2.88. The summed E-state index contributed by atoms with van der Waals surface area (Å²) in [4.78, 5) is 51.2. The van der Waals surface area contributed by atoms with Crippen molar-refractivity contribution < 1.29 is 19.2 Å². The largest absolute Gasteiger partial charge is 0.351 e. The molecule has 0 bridgehead atoms. The van der Waals surface area contributed by atoms with Crippen LogP contribution in [0.25, 0.3) is 0 Å². The zero-order valence-electron chi connectivity index (χ0n) is 19.8. The second-order valence-electron chi connectivity index (χ2n) is 11.7. The molecule has 5 unspecified atom stereocenters. The van der Waals surface area contributed by atoms with Crippen LogP contribution in [0.4, 0.5) is 0 Å². The Morgan fingerprint density at radius 2 is 1.94 bits per heavy atom. The van der Waals surface area contributed by atoms with Crippen LogP contribution >= 0.6 is 0 Å². The Kier molecular flexibility index (Phi) is 4.54. The lowest BCUT2D eigenvalue weighted by atomic mass is 9.17. The van der Waals surface area contributed by atoms with E-state index >= 15 is 0 Å². The molecule has 4 saturated carbocycles. The highest BCUT2D eigenvalue weighted by atomic mass is 16.2. The molecule has 2 heterocycles. The molecule has 184 valence electrons. The summed E-state index contributed by atoms with van der Waals surface area (Å²) < 4.78 is 0. The Morgan fingerprint density at radius 1 is 1.17 bits per heavy atom. The van der Waals surface area contributed by atoms with Crippen molar-refractivity contribution in [2.24, 2.45) is 34.8 Å². The maximum absolute atomic E-state index is 13.0. The van der Waals surface area contributed by atoms with E-state index in [4.69, 9.17) is 5.73 Å². The topological polar surface area (TPSA) is 122 Å². The van der Waals surface area contributed by atoms with Crippen LogP contribution in [0.1, 0.15) is 66.4 Å². The van der Waals surface area contributed by atoms with Gasteiger partial charge in [0.15, 0.2) is 0 Å². The highest BCUT2D eigenvalue weighted by molar-refractivity contribution is 6.05. The number of amides is 4. The van der Waals surface area contributed by atoms with Crippen molar-refractivity contribution in [3.8, 4) is 0 Å². The van der Waals surface area contributed by atoms with E-state index in [2.05, 4.69) is 10.6 Å². The molecule has 8 nitrogen and oxygen atoms in total. The first-order valence-electron chi connectivity index (χ1n) is 13.2. The van der Waals surface area contributed by atoms with Crippen molar-refractivity contribution in [2.75, 3.05) is 0 Å². The van der Waals surface area contributed by atoms with Gasteiger partial charge in [-0.15, -0.1) is 0 Å². The van der Waals surface area contributed by atoms with E-state index in [1.807, 2.05) is 12.1 Å². The Bertz CT molecular complexity index is 1140. The number of benzene rings is 1. The minimum Gasteiger partial charge on any atom is -0.351 e. The van der Waals surface area contributed by atoms with Crippen LogP contribution < -0.4 is 16.4 Å². The van der Waals surface area contributed by atoms with Gasteiger partial charge in [0.2, 0.25) is 17.7 Å². The summed E-state index contributed by atoms with van der Waals surface area (Å²) in [6.45, 7) is 0.372. The van der Waals surface area contributed by atoms with Crippen LogP contribution in [0.2, 0.25) is 0 Å². The van der Waals surface area contributed by atoms with Gasteiger partial charge in [-0.05, 0) is 91.2 Å². The zero-order valence-corrected chi connectivity index (χ0v) is 19.8. The Morgan fingerprint density at radius 3 is 2.66 bits per heavy atom. The summed E-state index contributed by atoms with van der Waals surface area (Å²) in [5.41, 5.74) is 9.54. The molecule has 2 aliphatic heterocycles. The summed E-state index contributed by atoms with van der Waals surface area (Å²) >= 11 is 0. The summed E-state index contributed by atoms with van der Waals surface area (Å²) in [5, 5.41) is 5.63. The van der Waals surface area contributed by atoms with E-state index in [1.54, 1.807) is 11.0 Å². The van der Waals surface area contributed by atoms with Gasteiger partial charge in [-0.1, -0.05) is 12.1 Å². The van der Waals surface area contributed by atoms with Gasteiger partial charge in [-0.3, -0.25) is 24.5 Å². The summed E-state index contributed by atoms with van der Waals surface area (Å²) in [5.74, 6) is 2.44. The summed E-state index contributed by atoms with van der Waals surface area (Å²) in [6.07, 6.45) is 6.68. The first kappa shape index (κ1) is 21.5. The van der Waals surface area contributed by atoms with E-state index in [0.29, 0.717) is 48.2 Å². The van der Waals surface area contributed by atoms with E-state index in [-0.39, 0.29) is 24.1 Å². The molecular weight excluding hydrogens is 444 g/mol. The summed E-state index contributed by atoms with van der Waals surface area (Å²) in [6, 6.07) is 4.91. The maximum Gasteiger partial charge on any atom is 0.255 e. The number of piperidine rings is 1. The van der Waals surface area contributed by atoms with Gasteiger partial charge < -0.3 is 16.0 Å². The first-order chi connectivity index (χ1) is 16.9. The fourth-order valence-electron chi connectivity index (χ4n) is 8.79. The third kappa shape index (κ3) is 2.77. The Labute approximate surface area is 204 Å². The van der Waals surface area contributed by atoms with E-state index in [9.17, 15) is 19.2 Å². The SMILES string of the molecule is N[C@@H](CCCc1cccc2c1CN(C1CCC(=O)NC1=O)C2=O)C(=O)NC1C2CC3CC4CC1C342. The fourth-order valence-corrected chi connectivity index (χ4v) is 8.79. The van der Waals surface area contributed by atoms with E-state index in [0.717, 1.165) is 35.8 Å². The van der Waals surface area contributed by atoms with Crippen molar-refractivity contribution in [3.05, 3.63) is 34.9 Å². The van der Waals surface area contributed by atoms with Crippen molar-refractivity contribution in [1.82, 2.24) is 15.5 Å². The molecule has 1 aromatic rings. The molecule has 6 atom stereocenters. The standard InChI is InChI=1S/C27H32N4O4/c28-20(24(33)30-23-18-10-14-9-15-11-19(23)27(14,15)18)6-2-4-13-3-1-5-16-17(13)12-31(26(16)35)21-7-8-22(32)29-25(21)34/h1,3,5,14-15,18-21,23H,2,4,6-12,28H2,(H,30,33)(H,29,32,34)/t14?,15?,18?,19?,20-,21?,23?,27?/m0/s1. The molecule has 4 amide bonds. The molecule has 7 rings (SSSR count). The van der Waals surface area contributed by atoms with Crippen molar-refractivity contribution in [2.45, 2.75) is 76.0 Å². The van der Waals surface area contributed by atoms with Gasteiger partial charge in [-0.2, -0.15) is 0 Å². The van der Waals surface area contributed by atoms with Crippen LogP contribution in [-0.4, -0.2) is 46.7 Å². The molecule has 35 heavy (non-hydrogen) atoms. The molecular formula is C27H32N4O4. The maximum atomic E-state index is 13.0. The molecule has 0 radical (unpaired) electrons. The monoisotopic (exact) mass is 476 g/mol. The number of hydrogen-bond donors (Lipinski definition) is 3. The molecule has 4 N–H and O–H groups in total. The fraction of sp³-hybridized carbons (Fsp3) is 0.630. The number of aryl methyl sites for hydroxylation is 1. The minimum absolute atomic E-state index is 0.0198. The molecule has 1 saturated heterocycles. The van der Waals surface area contributed by atoms with Crippen molar-refractivity contribution >= 4 is 23.6 Å². The van der Waals surface area contributed by atoms with Gasteiger partial charge in [0.05, 0.1) is 6.04 Å². The number of carbonyl (C=O) groups excluding carboxylic acids is 4. The van der Waals surface area contributed by atoms with Gasteiger partial charge in [0.1, 0.15) is 6.04 Å². The average Bonchev–Trinajstić information content (AvgIpc) is 3.12. The first-order valence-corrected chi connectivity index (χ1v) is 13.2. The van der Waals surface area contributed by atoms with E-state index in [1.165, 1.54) is 19.3 Å². The molecule has 6 aliphatic rings. The van der Waals surface area contributed by atoms with Crippen LogP contribution in [-0.2, 0) is 27.3 Å². The second-order valence-corrected chi connectivity index (χ2v) is 11.7. The number of nitrogens with two attached hydrogens (primary N) is 1. The molecule has 1 aromatic carbocycles. The third-order valence-electron chi connectivity index (χ3n) is 10.5. The van der Waals surface area contributed by atoms with E-state index < -0.39 is 18.0 Å². The van der Waals surface area contributed by atoms with Crippen LogP contribution in [0.3, 0.4) is 0 Å². The third-order valence-corrected chi connectivity index (χ3v) is 10.5. The lowest BCUT2D eigenvalue weighted by molar-refractivity contribution is -0.390. The Balaban J connectivity index is 0.941. The Hall–Kier alpha value is -2.74. The number of nitrogens with one attached hydrogen (secondary N) is 2. The number of nitrogens with zero attached hydrogens (tertiary/aromatic N) is 1. The molecule has 1 spiro atoms. The average molecular weight is 477 g/mol. The van der Waals surface area contributed by atoms with Crippen molar-refractivity contribution in [3.63, 3.8) is 0 Å². The number of hydrogen-bond acceptors (Lipinski definition) is 5. The van der Waals surface area contributed by atoms with Gasteiger partial charge >= 0.3 is 0 Å². The van der Waals surface area contributed by atoms with Crippen LogP contribution in [0, 0.1) is 29.1 Å². The lowest BCUT2D eigenvalue weighted by Crippen LogP contribution is -2.88. The number of carbonyl (C=O) groups is 4. The highest BCUT2D eigenvalue weighted by Crippen LogP contribution is 2.87. The molecule has 4 aliphatic carbocycles. The number of rotatable bonds is 7. The predicted molar refractivity (Wildman–Crippen MR) is 126 cm³/mol. The minimum atomic E-state index is -0.611. The smallest absolute Gasteiger partial charge is 0.255 e. The van der Waals surface area contributed by atoms with Gasteiger partial charge in [0.25, 0.3) is 5.91 Å². The van der Waals surface area contributed by atoms with Crippen molar-refractivity contribution in [1.29, 1.82) is 0 Å². The molecule has 0 aromatic heterocycles. The quantitative estimate of drug-likeness (QED) is 0.512. The normalized spacial score (nSPS) is 38.5. The highest BCUT2D eigenvalue weighted by Gasteiger charge is 2.84. The van der Waals surface area contributed by atoms with Gasteiger partial charge in [-0.25, -0.2) is 0 Å². The summed E-state index contributed by atoms with van der Waals surface area (Å²) in [7, 11) is 0. The van der Waals surface area contributed by atoms with Gasteiger partial charge in [0, 0.05) is 24.6 Å². The van der Waals surface area contributed by atoms with Crippen LogP contribution in [0.15, 0.2) is 18.2 Å². The number of fused-ring (bicyclic) bond motifs is 1. The second kappa shape index (κ2) is 7.38. The van der Waals surface area contributed by atoms with Crippen LogP contribution in [0.5, 0.6) is 0 Å². The zero-order chi connectivity index (χ0) is 24.1. The molecule has 5 fully saturated rings. The predicted octanol–water partition coefficient (Wildman–Crippen LogP) is 1.26. The molecule has 8 heteroatoms. The number of imide groups is 1.